The number of rotatable bonds is 2. The molecule has 0 saturated carbocycles. The minimum Gasteiger partial charge on any atom is -0.486 e. The van der Waals surface area contributed by atoms with E-state index in [4.69, 9.17) is 16.3 Å². The number of fused-ring (bicyclic) bond motifs is 3. The molecule has 0 bridgehead atoms. The van der Waals surface area contributed by atoms with Crippen LogP contribution in [0.15, 0.2) is 42.5 Å². The van der Waals surface area contributed by atoms with Crippen LogP contribution >= 0.6 is 11.6 Å². The Morgan fingerprint density at radius 1 is 1.04 bits per heavy atom. The fraction of sp³-hybridized carbons (Fsp3) is 0.333. The van der Waals surface area contributed by atoms with Crippen molar-refractivity contribution in [1.82, 2.24) is 9.88 Å². The van der Waals surface area contributed by atoms with E-state index in [0.717, 1.165) is 49.7 Å². The summed E-state index contributed by atoms with van der Waals surface area (Å²) >= 11 is 5.99. The fourth-order valence-corrected chi connectivity index (χ4v) is 4.50. The van der Waals surface area contributed by atoms with Crippen molar-refractivity contribution in [2.75, 3.05) is 13.1 Å². The molecular weight excluding hydrogens is 332 g/mol. The zero-order valence-corrected chi connectivity index (χ0v) is 14.9. The summed E-state index contributed by atoms with van der Waals surface area (Å²) in [5.74, 6) is 0.886. The van der Waals surface area contributed by atoms with E-state index in [-0.39, 0.29) is 6.10 Å². The molecule has 0 fully saturated rings. The highest BCUT2D eigenvalue weighted by Gasteiger charge is 2.28. The monoisotopic (exact) mass is 352 g/mol. The normalized spacial score (nSPS) is 19.5. The van der Waals surface area contributed by atoms with E-state index in [2.05, 4.69) is 28.1 Å². The molecule has 25 heavy (non-hydrogen) atoms. The first-order valence-corrected chi connectivity index (χ1v) is 9.45. The molecule has 1 unspecified atom stereocenters. The molecule has 128 valence electrons. The Hall–Kier alpha value is -1.97. The van der Waals surface area contributed by atoms with Gasteiger partial charge < -0.3 is 14.6 Å². The van der Waals surface area contributed by atoms with Crippen molar-refractivity contribution in [3.05, 3.63) is 64.3 Å². The second-order valence-electron chi connectivity index (χ2n) is 6.92. The lowest BCUT2D eigenvalue weighted by atomic mass is 9.99. The summed E-state index contributed by atoms with van der Waals surface area (Å²) in [5, 5.41) is 5.68. The summed E-state index contributed by atoms with van der Waals surface area (Å²) in [6.07, 6.45) is 3.34. The molecule has 0 amide bonds. The predicted molar refractivity (Wildman–Crippen MR) is 102 cm³/mol. The number of hydrogen-bond acceptors (Lipinski definition) is 2. The number of ether oxygens (including phenoxy) is 1. The number of aryl methyl sites for hydroxylation is 1. The largest absolute Gasteiger partial charge is 0.486 e. The summed E-state index contributed by atoms with van der Waals surface area (Å²) in [6, 6.07) is 14.4. The Kier molecular flexibility index (Phi) is 3.72. The second-order valence-corrected chi connectivity index (χ2v) is 7.36. The third-order valence-corrected chi connectivity index (χ3v) is 5.73. The Morgan fingerprint density at radius 3 is 2.76 bits per heavy atom. The quantitative estimate of drug-likeness (QED) is 0.734. The molecule has 0 saturated heterocycles. The molecule has 1 aromatic heterocycles. The summed E-state index contributed by atoms with van der Waals surface area (Å²) < 4.78 is 8.88. The van der Waals surface area contributed by atoms with E-state index < -0.39 is 0 Å². The molecular formula is C21H21ClN2O. The smallest absolute Gasteiger partial charge is 0.127 e. The van der Waals surface area contributed by atoms with Gasteiger partial charge in [-0.05, 0) is 42.8 Å². The Balaban J connectivity index is 1.59. The number of aromatic nitrogens is 1. The maximum atomic E-state index is 6.33. The molecule has 0 spiro atoms. The van der Waals surface area contributed by atoms with Crippen LogP contribution in [0.3, 0.4) is 0 Å². The standard InChI is InChI=1S/C21H21ClN2O/c22-14-4-6-15(7-5-14)25-20-10-13-24-19-9-12-23-11-8-16(19)17-2-1-3-18(20)21(17)24/h1-7,20,23H,8-13H2. The van der Waals surface area contributed by atoms with Crippen molar-refractivity contribution in [2.24, 2.45) is 0 Å². The van der Waals surface area contributed by atoms with Gasteiger partial charge >= 0.3 is 0 Å². The highest BCUT2D eigenvalue weighted by molar-refractivity contribution is 6.30. The fourth-order valence-electron chi connectivity index (χ4n) is 4.38. The van der Waals surface area contributed by atoms with E-state index >= 15 is 0 Å². The van der Waals surface area contributed by atoms with Crippen LogP contribution in [-0.2, 0) is 19.4 Å². The lowest BCUT2D eigenvalue weighted by Crippen LogP contribution is -2.20. The zero-order valence-electron chi connectivity index (χ0n) is 14.1. The number of hydrogen-bond donors (Lipinski definition) is 1. The Labute approximate surface area is 152 Å². The van der Waals surface area contributed by atoms with Crippen LogP contribution in [-0.4, -0.2) is 17.7 Å². The first-order chi connectivity index (χ1) is 12.3. The molecule has 1 atom stereocenters. The van der Waals surface area contributed by atoms with Gasteiger partial charge in [-0.2, -0.15) is 0 Å². The van der Waals surface area contributed by atoms with Gasteiger partial charge in [-0.25, -0.2) is 0 Å². The lowest BCUT2D eigenvalue weighted by molar-refractivity contribution is 0.183. The molecule has 2 aliphatic rings. The van der Waals surface area contributed by atoms with Crippen LogP contribution in [0.4, 0.5) is 0 Å². The number of halogens is 1. The Bertz CT molecular complexity index is 929. The van der Waals surface area contributed by atoms with E-state index in [1.807, 2.05) is 24.3 Å². The van der Waals surface area contributed by atoms with Crippen molar-refractivity contribution >= 4 is 22.5 Å². The number of para-hydroxylation sites is 1. The van der Waals surface area contributed by atoms with Crippen molar-refractivity contribution in [3.63, 3.8) is 0 Å². The maximum absolute atomic E-state index is 6.33. The molecule has 0 radical (unpaired) electrons. The molecule has 3 nitrogen and oxygen atoms in total. The molecule has 1 N–H and O–H groups in total. The molecule has 4 heteroatoms. The van der Waals surface area contributed by atoms with Gasteiger partial charge in [0.25, 0.3) is 0 Å². The van der Waals surface area contributed by atoms with Crippen molar-refractivity contribution in [3.8, 4) is 5.75 Å². The van der Waals surface area contributed by atoms with Gasteiger partial charge in [0.05, 0.1) is 5.52 Å². The van der Waals surface area contributed by atoms with Crippen LogP contribution in [0.5, 0.6) is 5.75 Å². The summed E-state index contributed by atoms with van der Waals surface area (Å²) in [6.45, 7) is 3.17. The molecule has 5 rings (SSSR count). The van der Waals surface area contributed by atoms with Crippen LogP contribution in [0.1, 0.15) is 29.3 Å². The van der Waals surface area contributed by atoms with Crippen molar-refractivity contribution < 1.29 is 4.74 Å². The van der Waals surface area contributed by atoms with E-state index in [1.165, 1.54) is 27.7 Å². The Morgan fingerprint density at radius 2 is 1.88 bits per heavy atom. The summed E-state index contributed by atoms with van der Waals surface area (Å²) in [4.78, 5) is 0. The number of nitrogens with zero attached hydrogens (tertiary/aromatic N) is 1. The highest BCUT2D eigenvalue weighted by atomic mass is 35.5. The van der Waals surface area contributed by atoms with Gasteiger partial charge in [-0.15, -0.1) is 0 Å². The first-order valence-electron chi connectivity index (χ1n) is 9.07. The maximum Gasteiger partial charge on any atom is 0.127 e. The average molecular weight is 353 g/mol. The number of nitrogens with one attached hydrogen (secondary N) is 1. The van der Waals surface area contributed by atoms with Crippen LogP contribution in [0, 0.1) is 0 Å². The lowest BCUT2D eigenvalue weighted by Gasteiger charge is -2.27. The minimum atomic E-state index is 0.106. The van der Waals surface area contributed by atoms with Crippen molar-refractivity contribution in [1.29, 1.82) is 0 Å². The third kappa shape index (κ3) is 2.54. The van der Waals surface area contributed by atoms with Crippen LogP contribution < -0.4 is 10.1 Å². The second kappa shape index (κ2) is 6.08. The minimum absolute atomic E-state index is 0.106. The van der Waals surface area contributed by atoms with Gasteiger partial charge in [0.1, 0.15) is 11.9 Å². The summed E-state index contributed by atoms with van der Waals surface area (Å²) in [7, 11) is 0. The third-order valence-electron chi connectivity index (χ3n) is 5.48. The average Bonchev–Trinajstić information content (AvgIpc) is 2.80. The van der Waals surface area contributed by atoms with Gasteiger partial charge in [-0.3, -0.25) is 0 Å². The zero-order chi connectivity index (χ0) is 16.8. The molecule has 2 aliphatic heterocycles. The number of benzene rings is 2. The van der Waals surface area contributed by atoms with E-state index in [9.17, 15) is 0 Å². The van der Waals surface area contributed by atoms with Crippen molar-refractivity contribution in [2.45, 2.75) is 31.9 Å². The van der Waals surface area contributed by atoms with Gasteiger partial charge in [0.2, 0.25) is 0 Å². The molecule has 3 heterocycles. The van der Waals surface area contributed by atoms with Gasteiger partial charge in [0, 0.05) is 47.6 Å². The van der Waals surface area contributed by atoms with Crippen LogP contribution in [0.25, 0.3) is 10.9 Å². The summed E-state index contributed by atoms with van der Waals surface area (Å²) in [5.41, 5.74) is 5.77. The molecule has 3 aromatic rings. The molecule has 0 aliphatic carbocycles. The van der Waals surface area contributed by atoms with Gasteiger partial charge in [0.15, 0.2) is 0 Å². The topological polar surface area (TPSA) is 26.2 Å². The first kappa shape index (κ1) is 15.3. The SMILES string of the molecule is Clc1ccc(OC2CCn3c4c(c5cccc2c53)CCNCC4)cc1. The van der Waals surface area contributed by atoms with E-state index in [0.29, 0.717) is 0 Å². The van der Waals surface area contributed by atoms with Gasteiger partial charge in [-0.1, -0.05) is 29.8 Å². The molecule has 2 aromatic carbocycles. The predicted octanol–water partition coefficient (Wildman–Crippen LogP) is 4.51. The van der Waals surface area contributed by atoms with E-state index in [1.54, 1.807) is 0 Å². The highest BCUT2D eigenvalue weighted by Crippen LogP contribution is 2.39. The van der Waals surface area contributed by atoms with Crippen LogP contribution in [0.2, 0.25) is 5.02 Å².